The van der Waals surface area contributed by atoms with Crippen molar-refractivity contribution in [2.24, 2.45) is 0 Å². The lowest BCUT2D eigenvalue weighted by atomic mass is 10.1. The number of unbranched alkanes of at least 4 members (excludes halogenated alkanes) is 3. The van der Waals surface area contributed by atoms with Crippen molar-refractivity contribution in [1.29, 1.82) is 0 Å². The first kappa shape index (κ1) is 24.8. The third kappa shape index (κ3) is 8.58. The Morgan fingerprint density at radius 3 is 2.45 bits per heavy atom. The summed E-state index contributed by atoms with van der Waals surface area (Å²) in [6, 6.07) is 23.3. The summed E-state index contributed by atoms with van der Waals surface area (Å²) in [4.78, 5) is 12.7. The number of halogens is 1. The number of carbonyl (C=O) groups excluding carboxylic acids is 1. The van der Waals surface area contributed by atoms with Crippen LogP contribution in [0, 0.1) is 0 Å². The molecule has 0 bridgehead atoms. The van der Waals surface area contributed by atoms with E-state index < -0.39 is 0 Å². The van der Waals surface area contributed by atoms with Crippen LogP contribution in [0.4, 0.5) is 5.69 Å². The van der Waals surface area contributed by atoms with Gasteiger partial charge in [-0.05, 0) is 71.1 Å². The molecule has 4 nitrogen and oxygen atoms in total. The van der Waals surface area contributed by atoms with Crippen LogP contribution >= 0.6 is 15.9 Å². The number of benzene rings is 3. The zero-order chi connectivity index (χ0) is 23.3. The Morgan fingerprint density at radius 2 is 1.67 bits per heavy atom. The number of nitrogens with one attached hydrogen (secondary N) is 1. The molecule has 0 unspecified atom stereocenters. The molecule has 0 saturated heterocycles. The summed E-state index contributed by atoms with van der Waals surface area (Å²) >= 11 is 3.52. The van der Waals surface area contributed by atoms with E-state index >= 15 is 0 Å². The Hall–Kier alpha value is -2.79. The largest absolute Gasteiger partial charge is 0.494 e. The fourth-order valence-electron chi connectivity index (χ4n) is 3.45. The van der Waals surface area contributed by atoms with Crippen LogP contribution in [-0.4, -0.2) is 19.1 Å². The van der Waals surface area contributed by atoms with Gasteiger partial charge >= 0.3 is 0 Å². The number of hydrogen-bond donors (Lipinski definition) is 1. The molecule has 1 amide bonds. The van der Waals surface area contributed by atoms with E-state index in [1.54, 1.807) is 12.1 Å². The summed E-state index contributed by atoms with van der Waals surface area (Å²) in [6.45, 7) is 3.50. The second-order valence-corrected chi connectivity index (χ2v) is 8.83. The van der Waals surface area contributed by atoms with E-state index in [1.807, 2.05) is 36.4 Å². The monoisotopic (exact) mass is 509 g/mol. The highest BCUT2D eigenvalue weighted by molar-refractivity contribution is 9.10. The van der Waals surface area contributed by atoms with E-state index in [0.717, 1.165) is 35.2 Å². The third-order valence-electron chi connectivity index (χ3n) is 5.26. The van der Waals surface area contributed by atoms with E-state index in [4.69, 9.17) is 9.47 Å². The van der Waals surface area contributed by atoms with Gasteiger partial charge in [-0.2, -0.15) is 0 Å². The zero-order valence-electron chi connectivity index (χ0n) is 19.2. The van der Waals surface area contributed by atoms with Gasteiger partial charge in [-0.25, -0.2) is 0 Å². The first-order valence-corrected chi connectivity index (χ1v) is 12.5. The Labute approximate surface area is 205 Å². The van der Waals surface area contributed by atoms with Gasteiger partial charge in [-0.3, -0.25) is 4.79 Å². The van der Waals surface area contributed by atoms with Crippen LogP contribution in [0.2, 0.25) is 0 Å². The Bertz CT molecular complexity index is 1010. The number of carbonyl (C=O) groups is 1. The number of anilines is 1. The van der Waals surface area contributed by atoms with Crippen molar-refractivity contribution in [1.82, 2.24) is 0 Å². The molecule has 174 valence electrons. The smallest absolute Gasteiger partial charge is 0.255 e. The van der Waals surface area contributed by atoms with Gasteiger partial charge in [0, 0.05) is 17.3 Å². The van der Waals surface area contributed by atoms with Gasteiger partial charge < -0.3 is 14.8 Å². The molecule has 0 spiro atoms. The highest BCUT2D eigenvalue weighted by Crippen LogP contribution is 2.27. The molecule has 0 aliphatic heterocycles. The Morgan fingerprint density at radius 1 is 0.848 bits per heavy atom. The molecule has 0 aliphatic rings. The predicted octanol–water partition coefficient (Wildman–Crippen LogP) is 7.67. The molecule has 33 heavy (non-hydrogen) atoms. The summed E-state index contributed by atoms with van der Waals surface area (Å²) in [7, 11) is 0. The zero-order valence-corrected chi connectivity index (χ0v) is 20.8. The minimum atomic E-state index is -0.175. The molecule has 0 saturated carbocycles. The van der Waals surface area contributed by atoms with Crippen molar-refractivity contribution in [3.8, 4) is 11.5 Å². The second kappa shape index (κ2) is 13.7. The van der Waals surface area contributed by atoms with Crippen LogP contribution in [0.1, 0.15) is 54.9 Å². The molecule has 0 aromatic heterocycles. The molecule has 3 rings (SSSR count). The lowest BCUT2D eigenvalue weighted by Crippen LogP contribution is -2.12. The van der Waals surface area contributed by atoms with E-state index in [0.29, 0.717) is 24.5 Å². The first-order valence-electron chi connectivity index (χ1n) is 11.7. The van der Waals surface area contributed by atoms with Crippen molar-refractivity contribution in [3.05, 3.63) is 88.4 Å². The van der Waals surface area contributed by atoms with Crippen LogP contribution in [0.15, 0.2) is 77.3 Å². The van der Waals surface area contributed by atoms with E-state index in [-0.39, 0.29) is 5.91 Å². The topological polar surface area (TPSA) is 47.6 Å². The summed E-state index contributed by atoms with van der Waals surface area (Å²) in [5, 5.41) is 2.95. The maximum absolute atomic E-state index is 12.7. The van der Waals surface area contributed by atoms with Gasteiger partial charge in [0.2, 0.25) is 0 Å². The van der Waals surface area contributed by atoms with Crippen LogP contribution in [-0.2, 0) is 6.42 Å². The van der Waals surface area contributed by atoms with Crippen molar-refractivity contribution in [2.75, 3.05) is 18.5 Å². The molecule has 0 heterocycles. The average Bonchev–Trinajstić information content (AvgIpc) is 2.83. The van der Waals surface area contributed by atoms with Crippen LogP contribution in [0.5, 0.6) is 11.5 Å². The number of amides is 1. The molecule has 0 fully saturated rings. The standard InChI is InChI=1S/C28H32BrNO3/c1-2-3-4-8-18-33-27-17-16-23(20-26(27)29)28(31)30-24-14-9-15-25(21-24)32-19-10-13-22-11-6-5-7-12-22/h5-7,9,11-12,14-17,20-21H,2-4,8,10,13,18-19H2,1H3,(H,30,31). The molecule has 0 radical (unpaired) electrons. The molecule has 3 aromatic rings. The Balaban J connectivity index is 1.48. The van der Waals surface area contributed by atoms with Crippen molar-refractivity contribution < 1.29 is 14.3 Å². The van der Waals surface area contributed by atoms with E-state index in [1.165, 1.54) is 24.8 Å². The van der Waals surface area contributed by atoms with Gasteiger partial charge in [0.1, 0.15) is 11.5 Å². The second-order valence-electron chi connectivity index (χ2n) is 7.97. The van der Waals surface area contributed by atoms with Gasteiger partial charge in [0.15, 0.2) is 0 Å². The molecule has 0 aliphatic carbocycles. The molecule has 1 N–H and O–H groups in total. The summed E-state index contributed by atoms with van der Waals surface area (Å²) in [5.74, 6) is 1.33. The van der Waals surface area contributed by atoms with Crippen molar-refractivity contribution in [2.45, 2.75) is 45.4 Å². The first-order chi connectivity index (χ1) is 16.2. The molecule has 5 heteroatoms. The predicted molar refractivity (Wildman–Crippen MR) is 138 cm³/mol. The van der Waals surface area contributed by atoms with Crippen molar-refractivity contribution >= 4 is 27.5 Å². The molecular formula is C28H32BrNO3. The van der Waals surface area contributed by atoms with Gasteiger partial charge in [-0.1, -0.05) is 62.6 Å². The number of rotatable bonds is 13. The number of ether oxygens (including phenoxy) is 2. The van der Waals surface area contributed by atoms with Gasteiger partial charge in [-0.15, -0.1) is 0 Å². The fourth-order valence-corrected chi connectivity index (χ4v) is 3.94. The molecule has 3 aromatic carbocycles. The fraction of sp³-hybridized carbons (Fsp3) is 0.321. The molecule has 0 atom stereocenters. The van der Waals surface area contributed by atoms with Crippen LogP contribution < -0.4 is 14.8 Å². The number of hydrogen-bond acceptors (Lipinski definition) is 3. The average molecular weight is 510 g/mol. The lowest BCUT2D eigenvalue weighted by Gasteiger charge is -2.11. The number of aryl methyl sites for hydroxylation is 1. The van der Waals surface area contributed by atoms with E-state index in [2.05, 4.69) is 52.4 Å². The Kier molecular flexibility index (Phi) is 10.3. The van der Waals surface area contributed by atoms with Gasteiger partial charge in [0.05, 0.1) is 17.7 Å². The van der Waals surface area contributed by atoms with Crippen LogP contribution in [0.3, 0.4) is 0 Å². The van der Waals surface area contributed by atoms with E-state index in [9.17, 15) is 4.79 Å². The minimum absolute atomic E-state index is 0.175. The maximum Gasteiger partial charge on any atom is 0.255 e. The quantitative estimate of drug-likeness (QED) is 0.240. The molecular weight excluding hydrogens is 478 g/mol. The minimum Gasteiger partial charge on any atom is -0.494 e. The SMILES string of the molecule is CCCCCCOc1ccc(C(=O)Nc2cccc(OCCCc3ccccc3)c2)cc1Br. The van der Waals surface area contributed by atoms with Gasteiger partial charge in [0.25, 0.3) is 5.91 Å². The third-order valence-corrected chi connectivity index (χ3v) is 5.88. The highest BCUT2D eigenvalue weighted by Gasteiger charge is 2.10. The summed E-state index contributed by atoms with van der Waals surface area (Å²) in [6.07, 6.45) is 6.55. The maximum atomic E-state index is 12.7. The lowest BCUT2D eigenvalue weighted by molar-refractivity contribution is 0.102. The van der Waals surface area contributed by atoms with Crippen LogP contribution in [0.25, 0.3) is 0 Å². The summed E-state index contributed by atoms with van der Waals surface area (Å²) < 4.78 is 12.5. The normalized spacial score (nSPS) is 10.6. The van der Waals surface area contributed by atoms with Crippen molar-refractivity contribution in [3.63, 3.8) is 0 Å². The highest BCUT2D eigenvalue weighted by atomic mass is 79.9. The summed E-state index contributed by atoms with van der Waals surface area (Å²) in [5.41, 5.74) is 2.57.